The van der Waals surface area contributed by atoms with Crippen LogP contribution in [-0.2, 0) is 9.53 Å². The molecule has 0 heterocycles. The third-order valence-corrected chi connectivity index (χ3v) is 1.05. The third kappa shape index (κ3) is 5.82. The van der Waals surface area contributed by atoms with Crippen molar-refractivity contribution >= 4 is 40.7 Å². The number of hydrogen-bond acceptors (Lipinski definition) is 6. The van der Waals surface area contributed by atoms with Gasteiger partial charge >= 0.3 is 5.97 Å². The van der Waals surface area contributed by atoms with Gasteiger partial charge in [0.15, 0.2) is 0 Å². The minimum atomic E-state index is -0.726. The van der Waals surface area contributed by atoms with Gasteiger partial charge in [0.1, 0.15) is 6.54 Å². The second-order valence-corrected chi connectivity index (χ2v) is 2.08. The summed E-state index contributed by atoms with van der Waals surface area (Å²) in [5.41, 5.74) is 0. The number of rotatable bonds is 4. The summed E-state index contributed by atoms with van der Waals surface area (Å²) in [6.07, 6.45) is -0.726. The number of isothiocyanates is 2. The molecule has 0 amide bonds. The first-order chi connectivity index (χ1) is 5.70. The molecule has 0 saturated heterocycles. The Balaban J connectivity index is 4.11. The van der Waals surface area contributed by atoms with Crippen molar-refractivity contribution in [3.63, 3.8) is 0 Å². The molecule has 4 nitrogen and oxygen atoms in total. The lowest BCUT2D eigenvalue weighted by Crippen LogP contribution is -2.16. The fourth-order valence-corrected chi connectivity index (χ4v) is 0.662. The summed E-state index contributed by atoms with van der Waals surface area (Å²) in [6.45, 7) is 1.40. The van der Waals surface area contributed by atoms with E-state index in [0.29, 0.717) is 0 Å². The lowest BCUT2D eigenvalue weighted by Gasteiger charge is -2.06. The Kier molecular flexibility index (Phi) is 6.24. The molecule has 0 saturated carbocycles. The fraction of sp³-hybridized carbons (Fsp3) is 0.500. The quantitative estimate of drug-likeness (QED) is 0.389. The normalized spacial score (nSPS) is 10.4. The molecule has 12 heavy (non-hydrogen) atoms. The van der Waals surface area contributed by atoms with E-state index in [-0.39, 0.29) is 6.54 Å². The minimum absolute atomic E-state index is 0.132. The fourth-order valence-electron chi connectivity index (χ4n) is 0.470. The first-order valence-corrected chi connectivity index (χ1v) is 3.80. The highest BCUT2D eigenvalue weighted by molar-refractivity contribution is 7.78. The summed E-state index contributed by atoms with van der Waals surface area (Å²) in [6, 6.07) is 0. The predicted molar refractivity (Wildman–Crippen MR) is 50.5 cm³/mol. The number of carbonyl (C=O) groups excluding carboxylic acids is 1. The molecule has 64 valence electrons. The van der Waals surface area contributed by atoms with Crippen LogP contribution in [0.1, 0.15) is 6.92 Å². The highest BCUT2D eigenvalue weighted by atomic mass is 32.1. The van der Waals surface area contributed by atoms with Crippen LogP contribution in [0.15, 0.2) is 9.98 Å². The first-order valence-electron chi connectivity index (χ1n) is 2.98. The second-order valence-electron chi connectivity index (χ2n) is 1.72. The van der Waals surface area contributed by atoms with Crippen LogP contribution in [0.2, 0.25) is 0 Å². The highest BCUT2D eigenvalue weighted by Gasteiger charge is 2.07. The van der Waals surface area contributed by atoms with Gasteiger partial charge in [-0.25, -0.2) is 4.99 Å². The first kappa shape index (κ1) is 11.1. The Morgan fingerprint density at radius 2 is 2.25 bits per heavy atom. The van der Waals surface area contributed by atoms with Crippen molar-refractivity contribution in [1.82, 2.24) is 0 Å². The highest BCUT2D eigenvalue weighted by Crippen LogP contribution is 1.94. The van der Waals surface area contributed by atoms with Crippen LogP contribution >= 0.6 is 24.4 Å². The van der Waals surface area contributed by atoms with Crippen molar-refractivity contribution in [1.29, 1.82) is 0 Å². The largest absolute Gasteiger partial charge is 0.437 e. The maximum Gasteiger partial charge on any atom is 0.304 e. The van der Waals surface area contributed by atoms with Gasteiger partial charge in [-0.1, -0.05) is 0 Å². The van der Waals surface area contributed by atoms with Crippen molar-refractivity contribution in [2.75, 3.05) is 6.54 Å². The van der Waals surface area contributed by atoms with Crippen molar-refractivity contribution in [2.24, 2.45) is 9.98 Å². The lowest BCUT2D eigenvalue weighted by atomic mass is 10.6. The molecule has 0 aliphatic rings. The van der Waals surface area contributed by atoms with Crippen LogP contribution < -0.4 is 0 Å². The Hall–Kier alpha value is -0.930. The second kappa shape index (κ2) is 6.76. The molecule has 0 N–H and O–H groups in total. The van der Waals surface area contributed by atoms with E-state index in [0.717, 1.165) is 0 Å². The maximum atomic E-state index is 10.5. The van der Waals surface area contributed by atoms with Crippen molar-refractivity contribution in [3.8, 4) is 0 Å². The lowest BCUT2D eigenvalue weighted by molar-refractivity contribution is -0.145. The van der Waals surface area contributed by atoms with E-state index in [9.17, 15) is 4.79 Å². The van der Waals surface area contributed by atoms with Crippen LogP contribution in [0.4, 0.5) is 0 Å². The minimum Gasteiger partial charge on any atom is -0.437 e. The van der Waals surface area contributed by atoms with Gasteiger partial charge in [-0.05, 0) is 24.4 Å². The molecule has 0 aromatic carbocycles. The van der Waals surface area contributed by atoms with Crippen LogP contribution in [0.25, 0.3) is 0 Å². The molecule has 0 rings (SSSR count). The summed E-state index contributed by atoms with van der Waals surface area (Å²) in [7, 11) is 0. The number of aliphatic imine (C=N–C) groups is 2. The number of thiocarbonyl (C=S) groups is 2. The third-order valence-electron chi connectivity index (χ3n) is 0.811. The van der Waals surface area contributed by atoms with Gasteiger partial charge in [-0.2, -0.15) is 4.99 Å². The van der Waals surface area contributed by atoms with E-state index in [2.05, 4.69) is 49.5 Å². The van der Waals surface area contributed by atoms with E-state index < -0.39 is 12.2 Å². The molecular weight excluding hydrogens is 196 g/mol. The monoisotopic (exact) mass is 202 g/mol. The topological polar surface area (TPSA) is 51.0 Å². The number of ether oxygens (including phenoxy) is 1. The Labute approximate surface area is 80.3 Å². The summed E-state index contributed by atoms with van der Waals surface area (Å²) >= 11 is 8.66. The molecule has 0 aliphatic carbocycles. The molecule has 0 aromatic heterocycles. The molecular formula is C6H6N2O2S2. The van der Waals surface area contributed by atoms with Crippen LogP contribution in [0.5, 0.6) is 0 Å². The molecule has 0 aromatic rings. The van der Waals surface area contributed by atoms with E-state index in [1.807, 2.05) is 0 Å². The standard InChI is InChI=1S/C6H6N2O2S2/c1-5(9)10-6(8-4-12)2-7-3-11/h6H,2H2,1H3/t6-/m1/s1. The Morgan fingerprint density at radius 3 is 2.67 bits per heavy atom. The Bertz CT molecular complexity index is 250. The van der Waals surface area contributed by atoms with Gasteiger partial charge in [0.05, 0.1) is 10.3 Å². The molecule has 0 spiro atoms. The molecule has 0 radical (unpaired) electrons. The number of carbonyl (C=O) groups is 1. The zero-order valence-corrected chi connectivity index (χ0v) is 7.94. The van der Waals surface area contributed by atoms with Crippen LogP contribution in [-0.4, -0.2) is 29.1 Å². The van der Waals surface area contributed by atoms with E-state index >= 15 is 0 Å². The van der Waals surface area contributed by atoms with Crippen LogP contribution in [0.3, 0.4) is 0 Å². The van der Waals surface area contributed by atoms with Crippen LogP contribution in [0, 0.1) is 0 Å². The molecule has 1 atom stereocenters. The smallest absolute Gasteiger partial charge is 0.304 e. The zero-order valence-electron chi connectivity index (χ0n) is 6.31. The molecule has 6 heteroatoms. The van der Waals surface area contributed by atoms with E-state index in [4.69, 9.17) is 0 Å². The Morgan fingerprint density at radius 1 is 1.58 bits per heavy atom. The van der Waals surface area contributed by atoms with Gasteiger partial charge in [-0.15, -0.1) is 0 Å². The van der Waals surface area contributed by atoms with Gasteiger partial charge < -0.3 is 4.74 Å². The summed E-state index contributed by atoms with van der Waals surface area (Å²) in [5, 5.41) is 4.22. The molecule has 0 unspecified atom stereocenters. The predicted octanol–water partition coefficient (Wildman–Crippen LogP) is 1.08. The van der Waals surface area contributed by atoms with Crippen molar-refractivity contribution < 1.29 is 9.53 Å². The van der Waals surface area contributed by atoms with Gasteiger partial charge in [-0.3, -0.25) is 4.79 Å². The van der Waals surface area contributed by atoms with Gasteiger partial charge in [0, 0.05) is 6.92 Å². The van der Waals surface area contributed by atoms with Gasteiger partial charge in [0.25, 0.3) is 0 Å². The molecule has 0 bridgehead atoms. The molecule has 0 fully saturated rings. The average molecular weight is 202 g/mol. The van der Waals surface area contributed by atoms with E-state index in [1.54, 1.807) is 0 Å². The van der Waals surface area contributed by atoms with E-state index in [1.165, 1.54) is 6.92 Å². The summed E-state index contributed by atoms with van der Waals surface area (Å²) in [5.74, 6) is -0.450. The number of nitrogens with zero attached hydrogens (tertiary/aromatic N) is 2. The molecule has 0 aliphatic heterocycles. The zero-order chi connectivity index (χ0) is 9.40. The average Bonchev–Trinajstić information content (AvgIpc) is 2.00. The maximum absolute atomic E-state index is 10.5. The number of hydrogen-bond donors (Lipinski definition) is 0. The van der Waals surface area contributed by atoms with Crippen molar-refractivity contribution in [3.05, 3.63) is 0 Å². The number of esters is 1. The van der Waals surface area contributed by atoms with Gasteiger partial charge in [0.2, 0.25) is 6.23 Å². The van der Waals surface area contributed by atoms with Crippen molar-refractivity contribution in [2.45, 2.75) is 13.2 Å². The summed E-state index contributed by atoms with van der Waals surface area (Å²) in [4.78, 5) is 17.6. The summed E-state index contributed by atoms with van der Waals surface area (Å²) < 4.78 is 4.68. The SMILES string of the molecule is CC(=O)O[C@H](CN=C=S)N=C=S.